The Kier molecular flexibility index (Phi) is 4.28. The Balaban J connectivity index is 1.34. The van der Waals surface area contributed by atoms with Crippen molar-refractivity contribution in [1.82, 2.24) is 30.9 Å². The highest BCUT2D eigenvalue weighted by Gasteiger charge is 2.27. The number of rotatable bonds is 5. The van der Waals surface area contributed by atoms with Crippen molar-refractivity contribution in [2.45, 2.75) is 25.2 Å². The van der Waals surface area contributed by atoms with E-state index in [0.29, 0.717) is 12.3 Å². The molecule has 0 saturated carbocycles. The summed E-state index contributed by atoms with van der Waals surface area (Å²) >= 11 is 0. The predicted octanol–water partition coefficient (Wildman–Crippen LogP) is 1.21. The molecule has 0 aliphatic carbocycles. The number of hydrogen-bond donors (Lipinski definition) is 3. The zero-order chi connectivity index (χ0) is 17.1. The van der Waals surface area contributed by atoms with Crippen molar-refractivity contribution in [2.75, 3.05) is 0 Å². The normalized spacial score (nSPS) is 19.8. The number of nitrogens with one attached hydrogen (secondary N) is 3. The van der Waals surface area contributed by atoms with Crippen molar-refractivity contribution < 1.29 is 9.21 Å². The molecular weight excluding hydrogens is 320 g/mol. The molecule has 25 heavy (non-hydrogen) atoms. The molecule has 1 aliphatic heterocycles. The topological polar surface area (TPSA) is 97.0 Å². The van der Waals surface area contributed by atoms with Gasteiger partial charge < -0.3 is 9.73 Å². The lowest BCUT2D eigenvalue weighted by atomic mass is 10.1. The highest BCUT2D eigenvalue weighted by molar-refractivity contribution is 5.91. The van der Waals surface area contributed by atoms with E-state index in [4.69, 9.17) is 4.42 Å². The second-order valence-electron chi connectivity index (χ2n) is 5.85. The van der Waals surface area contributed by atoms with Crippen LogP contribution >= 0.6 is 0 Å². The summed E-state index contributed by atoms with van der Waals surface area (Å²) in [5, 5.41) is 7.04. The SMILES string of the molecule is O=C(NC1CC(c2ccncc2)NN1)c1ccc(Cn2cccn2)o1. The smallest absolute Gasteiger partial charge is 0.288 e. The van der Waals surface area contributed by atoms with E-state index in [1.807, 2.05) is 24.4 Å². The van der Waals surface area contributed by atoms with Crippen molar-refractivity contribution in [3.63, 3.8) is 0 Å². The molecule has 3 aromatic heterocycles. The summed E-state index contributed by atoms with van der Waals surface area (Å²) in [5.74, 6) is 0.721. The van der Waals surface area contributed by atoms with E-state index in [1.54, 1.807) is 35.4 Å². The highest BCUT2D eigenvalue weighted by Crippen LogP contribution is 2.20. The van der Waals surface area contributed by atoms with Crippen LogP contribution in [0.3, 0.4) is 0 Å². The van der Waals surface area contributed by atoms with Gasteiger partial charge in [-0.25, -0.2) is 10.9 Å². The number of pyridine rings is 1. The van der Waals surface area contributed by atoms with Crippen LogP contribution < -0.4 is 16.2 Å². The third-order valence-electron chi connectivity index (χ3n) is 4.08. The van der Waals surface area contributed by atoms with Crippen LogP contribution in [-0.4, -0.2) is 26.8 Å². The molecule has 0 radical (unpaired) electrons. The minimum atomic E-state index is -0.249. The lowest BCUT2D eigenvalue weighted by molar-refractivity contribution is 0.0902. The van der Waals surface area contributed by atoms with E-state index in [-0.39, 0.29) is 23.9 Å². The van der Waals surface area contributed by atoms with Crippen LogP contribution in [-0.2, 0) is 6.54 Å². The maximum Gasteiger partial charge on any atom is 0.288 e. The summed E-state index contributed by atoms with van der Waals surface area (Å²) in [5.41, 5.74) is 7.39. The number of aromatic nitrogens is 3. The quantitative estimate of drug-likeness (QED) is 0.647. The number of carbonyl (C=O) groups excluding carboxylic acids is 1. The van der Waals surface area contributed by atoms with Gasteiger partial charge in [-0.15, -0.1) is 0 Å². The predicted molar refractivity (Wildman–Crippen MR) is 89.2 cm³/mol. The zero-order valence-electron chi connectivity index (χ0n) is 13.4. The summed E-state index contributed by atoms with van der Waals surface area (Å²) in [4.78, 5) is 16.4. The van der Waals surface area contributed by atoms with Gasteiger partial charge in [0.1, 0.15) is 5.76 Å². The summed E-state index contributed by atoms with van der Waals surface area (Å²) < 4.78 is 7.35. The molecular formula is C17H18N6O2. The molecule has 1 saturated heterocycles. The van der Waals surface area contributed by atoms with Crippen molar-refractivity contribution in [3.05, 3.63) is 72.2 Å². The Hall–Kier alpha value is -2.97. The Morgan fingerprint density at radius 1 is 1.24 bits per heavy atom. The van der Waals surface area contributed by atoms with Gasteiger partial charge in [-0.2, -0.15) is 5.10 Å². The molecule has 2 atom stereocenters. The molecule has 1 aliphatic rings. The van der Waals surface area contributed by atoms with Crippen LogP contribution in [0.25, 0.3) is 0 Å². The number of amides is 1. The first-order valence-corrected chi connectivity index (χ1v) is 8.06. The zero-order valence-corrected chi connectivity index (χ0v) is 13.4. The monoisotopic (exact) mass is 338 g/mol. The lowest BCUT2D eigenvalue weighted by Crippen LogP contribution is -2.44. The summed E-state index contributed by atoms with van der Waals surface area (Å²) in [6.07, 6.45) is 7.62. The molecule has 0 spiro atoms. The second kappa shape index (κ2) is 6.88. The number of nitrogens with zero attached hydrogens (tertiary/aromatic N) is 3. The van der Waals surface area contributed by atoms with Crippen molar-refractivity contribution in [3.8, 4) is 0 Å². The number of furan rings is 1. The molecule has 3 aromatic rings. The van der Waals surface area contributed by atoms with Crippen molar-refractivity contribution in [1.29, 1.82) is 0 Å². The Morgan fingerprint density at radius 3 is 2.92 bits per heavy atom. The van der Waals surface area contributed by atoms with Crippen LogP contribution in [0, 0.1) is 0 Å². The van der Waals surface area contributed by atoms with E-state index in [0.717, 1.165) is 12.0 Å². The summed E-state index contributed by atoms with van der Waals surface area (Å²) in [7, 11) is 0. The summed E-state index contributed by atoms with van der Waals surface area (Å²) in [6.45, 7) is 0.494. The van der Waals surface area contributed by atoms with Gasteiger partial charge >= 0.3 is 0 Å². The minimum Gasteiger partial charge on any atom is -0.454 e. The molecule has 2 unspecified atom stereocenters. The second-order valence-corrected chi connectivity index (χ2v) is 5.85. The van der Waals surface area contributed by atoms with E-state index in [2.05, 4.69) is 26.3 Å². The average Bonchev–Trinajstić information content (AvgIpc) is 3.38. The van der Waals surface area contributed by atoms with E-state index < -0.39 is 0 Å². The van der Waals surface area contributed by atoms with Gasteiger partial charge in [0.2, 0.25) is 0 Å². The fourth-order valence-corrected chi connectivity index (χ4v) is 2.83. The largest absolute Gasteiger partial charge is 0.454 e. The maximum absolute atomic E-state index is 12.4. The molecule has 1 amide bonds. The molecule has 4 rings (SSSR count). The number of hydrogen-bond acceptors (Lipinski definition) is 6. The van der Waals surface area contributed by atoms with Crippen molar-refractivity contribution >= 4 is 5.91 Å². The maximum atomic E-state index is 12.4. The van der Waals surface area contributed by atoms with Gasteiger partial charge in [-0.1, -0.05) is 0 Å². The third-order valence-corrected chi connectivity index (χ3v) is 4.08. The van der Waals surface area contributed by atoms with Gasteiger partial charge in [-0.3, -0.25) is 14.5 Å². The van der Waals surface area contributed by atoms with Crippen LogP contribution in [0.1, 0.15) is 34.3 Å². The molecule has 1 fully saturated rings. The highest BCUT2D eigenvalue weighted by atomic mass is 16.4. The van der Waals surface area contributed by atoms with Crippen LogP contribution in [0.4, 0.5) is 0 Å². The molecule has 0 bridgehead atoms. The molecule has 8 nitrogen and oxygen atoms in total. The first-order chi connectivity index (χ1) is 12.3. The van der Waals surface area contributed by atoms with Crippen LogP contribution in [0.15, 0.2) is 59.5 Å². The van der Waals surface area contributed by atoms with Crippen LogP contribution in [0.2, 0.25) is 0 Å². The Bertz CT molecular complexity index is 830. The third kappa shape index (κ3) is 3.59. The van der Waals surface area contributed by atoms with Crippen LogP contribution in [0.5, 0.6) is 0 Å². The Labute approximate surface area is 144 Å². The number of hydrazine groups is 1. The van der Waals surface area contributed by atoms with E-state index in [1.165, 1.54) is 0 Å². The standard InChI is InChI=1S/C17H18N6O2/c24-17(15-3-2-13(25-15)11-23-9-1-6-19-23)20-16-10-14(21-22-16)12-4-7-18-8-5-12/h1-9,14,16,21-22H,10-11H2,(H,20,24). The minimum absolute atomic E-state index is 0.125. The molecule has 3 N–H and O–H groups in total. The van der Waals surface area contributed by atoms with Gasteiger partial charge in [0.15, 0.2) is 5.76 Å². The first-order valence-electron chi connectivity index (χ1n) is 8.06. The van der Waals surface area contributed by atoms with Gasteiger partial charge in [0, 0.05) is 37.3 Å². The molecule has 0 aromatic carbocycles. The fourth-order valence-electron chi connectivity index (χ4n) is 2.83. The number of carbonyl (C=O) groups is 1. The Morgan fingerprint density at radius 2 is 2.12 bits per heavy atom. The molecule has 8 heteroatoms. The molecule has 4 heterocycles. The summed E-state index contributed by atoms with van der Waals surface area (Å²) in [6, 6.07) is 9.34. The van der Waals surface area contributed by atoms with E-state index in [9.17, 15) is 4.79 Å². The van der Waals surface area contributed by atoms with E-state index >= 15 is 0 Å². The molecule has 128 valence electrons. The van der Waals surface area contributed by atoms with Gasteiger partial charge in [-0.05, 0) is 35.9 Å². The average molecular weight is 338 g/mol. The lowest BCUT2D eigenvalue weighted by Gasteiger charge is -2.11. The van der Waals surface area contributed by atoms with Gasteiger partial charge in [0.25, 0.3) is 5.91 Å². The first kappa shape index (κ1) is 15.6. The van der Waals surface area contributed by atoms with Gasteiger partial charge in [0.05, 0.1) is 12.7 Å². The fraction of sp³-hybridized carbons (Fsp3) is 0.235. The van der Waals surface area contributed by atoms with Crippen molar-refractivity contribution in [2.24, 2.45) is 0 Å².